The fourth-order valence-corrected chi connectivity index (χ4v) is 2.11. The number of alkyl halides is 3. The second-order valence-electron chi connectivity index (χ2n) is 4.55. The summed E-state index contributed by atoms with van der Waals surface area (Å²) in [7, 11) is 0. The highest BCUT2D eigenvalue weighted by molar-refractivity contribution is 5.29. The summed E-state index contributed by atoms with van der Waals surface area (Å²) >= 11 is 0. The zero-order valence-corrected chi connectivity index (χ0v) is 10.5. The van der Waals surface area contributed by atoms with Gasteiger partial charge in [0.1, 0.15) is 0 Å². The number of hydrogen-bond donors (Lipinski definition) is 0. The van der Waals surface area contributed by atoms with E-state index in [2.05, 4.69) is 0 Å². The molecule has 0 heterocycles. The minimum atomic E-state index is -4.15. The topological polar surface area (TPSA) is 0 Å². The van der Waals surface area contributed by atoms with E-state index in [1.807, 2.05) is 30.3 Å². The summed E-state index contributed by atoms with van der Waals surface area (Å²) in [6.07, 6.45) is -3.60. The van der Waals surface area contributed by atoms with Crippen molar-refractivity contribution in [2.75, 3.05) is 0 Å². The molecule has 2 aromatic rings. The van der Waals surface area contributed by atoms with Crippen LogP contribution in [0.2, 0.25) is 0 Å². The molecule has 2 rings (SSSR count). The van der Waals surface area contributed by atoms with Crippen molar-refractivity contribution in [1.29, 1.82) is 0 Å². The summed E-state index contributed by atoms with van der Waals surface area (Å²) in [5.74, 6) is 0. The van der Waals surface area contributed by atoms with Crippen molar-refractivity contribution in [3.8, 4) is 0 Å². The molecule has 0 aliphatic rings. The molecule has 0 radical (unpaired) electrons. The van der Waals surface area contributed by atoms with Crippen LogP contribution in [0.5, 0.6) is 0 Å². The third-order valence-electron chi connectivity index (χ3n) is 3.04. The predicted octanol–water partition coefficient (Wildman–Crippen LogP) is 4.58. The molecule has 0 spiro atoms. The first-order chi connectivity index (χ1) is 9.04. The second-order valence-corrected chi connectivity index (χ2v) is 4.55. The molecule has 19 heavy (non-hydrogen) atoms. The molecule has 0 saturated heterocycles. The molecule has 0 atom stereocenters. The molecule has 0 aliphatic carbocycles. The predicted molar refractivity (Wildman–Crippen MR) is 70.1 cm³/mol. The lowest BCUT2D eigenvalue weighted by Gasteiger charge is -2.11. The van der Waals surface area contributed by atoms with Crippen LogP contribution >= 0.6 is 0 Å². The average molecular weight is 264 g/mol. The molecule has 2 aromatic carbocycles. The molecule has 0 saturated carbocycles. The largest absolute Gasteiger partial charge is 0.393 e. The summed E-state index contributed by atoms with van der Waals surface area (Å²) in [5.41, 5.74) is 2.30. The molecule has 0 aromatic heterocycles. The van der Waals surface area contributed by atoms with Crippen LogP contribution in [0.1, 0.15) is 16.7 Å². The Morgan fingerprint density at radius 2 is 1.26 bits per heavy atom. The van der Waals surface area contributed by atoms with Gasteiger partial charge in [-0.1, -0.05) is 54.6 Å². The maximum Gasteiger partial charge on any atom is 0.393 e. The van der Waals surface area contributed by atoms with Crippen LogP contribution in [0.15, 0.2) is 54.6 Å². The molecule has 0 amide bonds. The standard InChI is InChI=1S/C16H15F3/c17-16(18,19)12-15-9-5-4-8-14(15)11-10-13-6-2-1-3-7-13/h1-9H,10-12H2. The minimum absolute atomic E-state index is 0.380. The monoisotopic (exact) mass is 264 g/mol. The van der Waals surface area contributed by atoms with Crippen molar-refractivity contribution in [3.05, 3.63) is 71.3 Å². The van der Waals surface area contributed by atoms with Crippen molar-refractivity contribution in [1.82, 2.24) is 0 Å². The van der Waals surface area contributed by atoms with E-state index >= 15 is 0 Å². The van der Waals surface area contributed by atoms with Crippen molar-refractivity contribution in [2.45, 2.75) is 25.4 Å². The lowest BCUT2D eigenvalue weighted by molar-refractivity contribution is -0.127. The van der Waals surface area contributed by atoms with E-state index < -0.39 is 12.6 Å². The first-order valence-electron chi connectivity index (χ1n) is 6.22. The van der Waals surface area contributed by atoms with Crippen LogP contribution in [0.25, 0.3) is 0 Å². The third kappa shape index (κ3) is 4.43. The maximum absolute atomic E-state index is 12.5. The van der Waals surface area contributed by atoms with E-state index in [1.54, 1.807) is 24.3 Å². The molecule has 3 heteroatoms. The van der Waals surface area contributed by atoms with Gasteiger partial charge >= 0.3 is 6.18 Å². The highest BCUT2D eigenvalue weighted by Crippen LogP contribution is 2.24. The molecular formula is C16H15F3. The van der Waals surface area contributed by atoms with Crippen molar-refractivity contribution < 1.29 is 13.2 Å². The van der Waals surface area contributed by atoms with Gasteiger partial charge in [0.25, 0.3) is 0 Å². The number of benzene rings is 2. The van der Waals surface area contributed by atoms with Gasteiger partial charge in [0, 0.05) is 0 Å². The highest BCUT2D eigenvalue weighted by atomic mass is 19.4. The Labute approximate surface area is 110 Å². The van der Waals surface area contributed by atoms with E-state index in [9.17, 15) is 13.2 Å². The second kappa shape index (κ2) is 5.91. The molecule has 0 nitrogen and oxygen atoms in total. The third-order valence-corrected chi connectivity index (χ3v) is 3.04. The van der Waals surface area contributed by atoms with Gasteiger partial charge in [0.15, 0.2) is 0 Å². The fourth-order valence-electron chi connectivity index (χ4n) is 2.11. The zero-order valence-electron chi connectivity index (χ0n) is 10.5. The van der Waals surface area contributed by atoms with Crippen LogP contribution in [-0.4, -0.2) is 6.18 Å². The lowest BCUT2D eigenvalue weighted by atomic mass is 9.98. The maximum atomic E-state index is 12.5. The highest BCUT2D eigenvalue weighted by Gasteiger charge is 2.28. The minimum Gasteiger partial charge on any atom is -0.171 e. The number of halogens is 3. The Bertz CT molecular complexity index is 515. The molecule has 100 valence electrons. The number of hydrogen-bond acceptors (Lipinski definition) is 0. The van der Waals surface area contributed by atoms with Gasteiger partial charge in [-0.05, 0) is 29.5 Å². The van der Waals surface area contributed by atoms with Crippen molar-refractivity contribution in [2.24, 2.45) is 0 Å². The Morgan fingerprint density at radius 3 is 1.89 bits per heavy atom. The quantitative estimate of drug-likeness (QED) is 0.758. The van der Waals surface area contributed by atoms with Crippen LogP contribution in [0.3, 0.4) is 0 Å². The van der Waals surface area contributed by atoms with Gasteiger partial charge in [-0.15, -0.1) is 0 Å². The van der Waals surface area contributed by atoms with Gasteiger partial charge in [-0.3, -0.25) is 0 Å². The van der Waals surface area contributed by atoms with Gasteiger partial charge in [-0.2, -0.15) is 13.2 Å². The normalized spacial score (nSPS) is 11.5. The summed E-state index contributed by atoms with van der Waals surface area (Å²) in [6, 6.07) is 16.6. The summed E-state index contributed by atoms with van der Waals surface area (Å²) in [6.45, 7) is 0. The summed E-state index contributed by atoms with van der Waals surface area (Å²) in [4.78, 5) is 0. The van der Waals surface area contributed by atoms with Gasteiger partial charge in [0.2, 0.25) is 0 Å². The van der Waals surface area contributed by atoms with E-state index in [0.717, 1.165) is 17.5 Å². The van der Waals surface area contributed by atoms with E-state index in [0.29, 0.717) is 12.0 Å². The van der Waals surface area contributed by atoms with Gasteiger partial charge in [-0.25, -0.2) is 0 Å². The van der Waals surface area contributed by atoms with E-state index in [1.165, 1.54) is 0 Å². The Kier molecular flexibility index (Phi) is 4.25. The van der Waals surface area contributed by atoms with E-state index in [4.69, 9.17) is 0 Å². The zero-order chi connectivity index (χ0) is 13.7. The Balaban J connectivity index is 2.08. The Hall–Kier alpha value is -1.77. The summed E-state index contributed by atoms with van der Waals surface area (Å²) < 4.78 is 37.5. The van der Waals surface area contributed by atoms with Crippen molar-refractivity contribution in [3.63, 3.8) is 0 Å². The molecule has 0 N–H and O–H groups in total. The molecular weight excluding hydrogens is 249 g/mol. The van der Waals surface area contributed by atoms with E-state index in [-0.39, 0.29) is 0 Å². The summed E-state index contributed by atoms with van der Waals surface area (Å²) in [5, 5.41) is 0. The lowest BCUT2D eigenvalue weighted by Crippen LogP contribution is -2.13. The fraction of sp³-hybridized carbons (Fsp3) is 0.250. The first kappa shape index (κ1) is 13.7. The SMILES string of the molecule is FC(F)(F)Cc1ccccc1CCc1ccccc1. The molecule has 0 aliphatic heterocycles. The number of rotatable bonds is 4. The van der Waals surface area contributed by atoms with Gasteiger partial charge < -0.3 is 0 Å². The number of aryl methyl sites for hydroxylation is 2. The van der Waals surface area contributed by atoms with Crippen LogP contribution in [0.4, 0.5) is 13.2 Å². The average Bonchev–Trinajstić information content (AvgIpc) is 2.37. The smallest absolute Gasteiger partial charge is 0.171 e. The molecule has 0 unspecified atom stereocenters. The van der Waals surface area contributed by atoms with Crippen LogP contribution in [0, 0.1) is 0 Å². The van der Waals surface area contributed by atoms with Crippen molar-refractivity contribution >= 4 is 0 Å². The van der Waals surface area contributed by atoms with Gasteiger partial charge in [0.05, 0.1) is 6.42 Å². The first-order valence-corrected chi connectivity index (χ1v) is 6.22. The molecule has 0 fully saturated rings. The Morgan fingerprint density at radius 1 is 0.684 bits per heavy atom. The molecule has 0 bridgehead atoms. The van der Waals surface area contributed by atoms with Crippen LogP contribution in [-0.2, 0) is 19.3 Å². The van der Waals surface area contributed by atoms with Crippen LogP contribution < -0.4 is 0 Å².